The van der Waals surface area contributed by atoms with E-state index < -0.39 is 11.6 Å². The molecule has 2 heterocycles. The smallest absolute Gasteiger partial charge is 0.263 e. The quantitative estimate of drug-likeness (QED) is 0.689. The van der Waals surface area contributed by atoms with Gasteiger partial charge >= 0.3 is 0 Å². The first-order valence-corrected chi connectivity index (χ1v) is 5.19. The summed E-state index contributed by atoms with van der Waals surface area (Å²) in [6.07, 6.45) is 2.85. The monoisotopic (exact) mass is 247 g/mol. The van der Waals surface area contributed by atoms with Crippen LogP contribution in [0.15, 0.2) is 51.6 Å². The highest BCUT2D eigenvalue weighted by atomic mass is 19.1. The van der Waals surface area contributed by atoms with Crippen LogP contribution in [0.3, 0.4) is 0 Å². The van der Waals surface area contributed by atoms with E-state index in [1.807, 2.05) is 0 Å². The van der Waals surface area contributed by atoms with Crippen molar-refractivity contribution in [1.82, 2.24) is 4.98 Å². The SMILES string of the molecule is Fc1ccc(-c2cnc(-c3ccco3)o2)c(F)c1. The molecular weight excluding hydrogens is 240 g/mol. The zero-order valence-electron chi connectivity index (χ0n) is 9.06. The fraction of sp³-hybridized carbons (Fsp3) is 0. The molecule has 2 aromatic heterocycles. The Kier molecular flexibility index (Phi) is 2.44. The maximum Gasteiger partial charge on any atom is 0.263 e. The number of nitrogens with zero attached hydrogens (tertiary/aromatic N) is 1. The lowest BCUT2D eigenvalue weighted by atomic mass is 10.2. The normalized spacial score (nSPS) is 10.8. The summed E-state index contributed by atoms with van der Waals surface area (Å²) in [5.41, 5.74) is 0.154. The molecule has 90 valence electrons. The predicted molar refractivity (Wildman–Crippen MR) is 59.6 cm³/mol. The Labute approximate surface area is 101 Å². The molecule has 3 aromatic rings. The lowest BCUT2D eigenvalue weighted by Gasteiger charge is -1.98. The van der Waals surface area contributed by atoms with Gasteiger partial charge in [0.1, 0.15) is 11.6 Å². The Morgan fingerprint density at radius 3 is 2.67 bits per heavy atom. The van der Waals surface area contributed by atoms with Crippen molar-refractivity contribution in [3.63, 3.8) is 0 Å². The third kappa shape index (κ3) is 1.79. The molecule has 3 rings (SSSR count). The van der Waals surface area contributed by atoms with Gasteiger partial charge in [-0.2, -0.15) is 0 Å². The zero-order chi connectivity index (χ0) is 12.5. The molecular formula is C13H7F2NO2. The number of halogens is 2. The molecule has 0 radical (unpaired) electrons. The second-order valence-corrected chi connectivity index (χ2v) is 3.63. The molecule has 5 heteroatoms. The van der Waals surface area contributed by atoms with Gasteiger partial charge in [0.25, 0.3) is 5.89 Å². The molecule has 0 saturated carbocycles. The number of aromatic nitrogens is 1. The van der Waals surface area contributed by atoms with E-state index in [-0.39, 0.29) is 17.2 Å². The summed E-state index contributed by atoms with van der Waals surface area (Å²) >= 11 is 0. The van der Waals surface area contributed by atoms with Gasteiger partial charge in [-0.1, -0.05) is 0 Å². The highest BCUT2D eigenvalue weighted by molar-refractivity contribution is 5.59. The first-order valence-electron chi connectivity index (χ1n) is 5.19. The van der Waals surface area contributed by atoms with Crippen LogP contribution in [0.1, 0.15) is 0 Å². The van der Waals surface area contributed by atoms with Gasteiger partial charge in [-0.15, -0.1) is 0 Å². The molecule has 0 bridgehead atoms. The average Bonchev–Trinajstić information content (AvgIpc) is 2.99. The van der Waals surface area contributed by atoms with Crippen molar-refractivity contribution in [2.75, 3.05) is 0 Å². The van der Waals surface area contributed by atoms with Gasteiger partial charge in [-0.25, -0.2) is 13.8 Å². The van der Waals surface area contributed by atoms with Crippen molar-refractivity contribution in [1.29, 1.82) is 0 Å². The van der Waals surface area contributed by atoms with Gasteiger partial charge in [0.2, 0.25) is 0 Å². The van der Waals surface area contributed by atoms with Crippen LogP contribution in [0.25, 0.3) is 23.0 Å². The minimum Gasteiger partial charge on any atom is -0.459 e. The topological polar surface area (TPSA) is 39.2 Å². The van der Waals surface area contributed by atoms with Gasteiger partial charge in [0.15, 0.2) is 11.5 Å². The van der Waals surface area contributed by atoms with Crippen molar-refractivity contribution < 1.29 is 17.6 Å². The number of hydrogen-bond acceptors (Lipinski definition) is 3. The number of rotatable bonds is 2. The minimum absolute atomic E-state index is 0.154. The molecule has 0 spiro atoms. The fourth-order valence-electron chi connectivity index (χ4n) is 1.60. The van der Waals surface area contributed by atoms with E-state index in [0.29, 0.717) is 5.76 Å². The van der Waals surface area contributed by atoms with E-state index in [1.54, 1.807) is 12.1 Å². The maximum atomic E-state index is 13.5. The Bertz CT molecular complexity index is 674. The lowest BCUT2D eigenvalue weighted by Crippen LogP contribution is -1.84. The van der Waals surface area contributed by atoms with E-state index >= 15 is 0 Å². The molecule has 0 unspecified atom stereocenters. The van der Waals surface area contributed by atoms with Gasteiger partial charge in [0.05, 0.1) is 18.0 Å². The minimum atomic E-state index is -0.697. The summed E-state index contributed by atoms with van der Waals surface area (Å²) in [5, 5.41) is 0. The summed E-state index contributed by atoms with van der Waals surface area (Å²) in [6.45, 7) is 0. The van der Waals surface area contributed by atoms with Crippen LogP contribution >= 0.6 is 0 Å². The second-order valence-electron chi connectivity index (χ2n) is 3.63. The van der Waals surface area contributed by atoms with Crippen LogP contribution in [0.4, 0.5) is 8.78 Å². The van der Waals surface area contributed by atoms with Crippen molar-refractivity contribution in [3.05, 3.63) is 54.4 Å². The van der Waals surface area contributed by atoms with Crippen molar-refractivity contribution in [2.24, 2.45) is 0 Å². The van der Waals surface area contributed by atoms with Crippen LogP contribution in [-0.2, 0) is 0 Å². The molecule has 18 heavy (non-hydrogen) atoms. The summed E-state index contributed by atoms with van der Waals surface area (Å²) < 4.78 is 36.8. The van der Waals surface area contributed by atoms with E-state index in [4.69, 9.17) is 8.83 Å². The van der Waals surface area contributed by atoms with Gasteiger partial charge in [-0.3, -0.25) is 0 Å². The number of benzene rings is 1. The van der Waals surface area contributed by atoms with Crippen LogP contribution in [-0.4, -0.2) is 4.98 Å². The second kappa shape index (κ2) is 4.10. The molecule has 0 N–H and O–H groups in total. The van der Waals surface area contributed by atoms with E-state index in [2.05, 4.69) is 4.98 Å². The Morgan fingerprint density at radius 2 is 1.94 bits per heavy atom. The largest absolute Gasteiger partial charge is 0.459 e. The molecule has 0 saturated heterocycles. The van der Waals surface area contributed by atoms with Gasteiger partial charge < -0.3 is 8.83 Å². The van der Waals surface area contributed by atoms with Gasteiger partial charge in [0, 0.05) is 6.07 Å². The summed E-state index contributed by atoms with van der Waals surface area (Å²) in [4.78, 5) is 3.98. The lowest BCUT2D eigenvalue weighted by molar-refractivity contribution is 0.520. The third-order valence-electron chi connectivity index (χ3n) is 2.43. The highest BCUT2D eigenvalue weighted by Crippen LogP contribution is 2.28. The Balaban J connectivity index is 2.03. The van der Waals surface area contributed by atoms with E-state index in [1.165, 1.54) is 18.5 Å². The van der Waals surface area contributed by atoms with Crippen LogP contribution in [0.2, 0.25) is 0 Å². The van der Waals surface area contributed by atoms with Crippen molar-refractivity contribution >= 4 is 0 Å². The first kappa shape index (κ1) is 10.7. The first-order chi connectivity index (χ1) is 8.74. The van der Waals surface area contributed by atoms with Crippen LogP contribution in [0.5, 0.6) is 0 Å². The van der Waals surface area contributed by atoms with E-state index in [0.717, 1.165) is 12.1 Å². The third-order valence-corrected chi connectivity index (χ3v) is 2.43. The van der Waals surface area contributed by atoms with Crippen LogP contribution in [0, 0.1) is 11.6 Å². The Morgan fingerprint density at radius 1 is 1.06 bits per heavy atom. The van der Waals surface area contributed by atoms with Crippen molar-refractivity contribution in [2.45, 2.75) is 0 Å². The average molecular weight is 247 g/mol. The molecule has 0 aliphatic carbocycles. The number of furan rings is 1. The standard InChI is InChI=1S/C13H7F2NO2/c14-8-3-4-9(10(15)6-8)12-7-16-13(18-12)11-2-1-5-17-11/h1-7H. The molecule has 0 atom stereocenters. The molecule has 0 amide bonds. The predicted octanol–water partition coefficient (Wildman–Crippen LogP) is 3.88. The molecule has 3 nitrogen and oxygen atoms in total. The van der Waals surface area contributed by atoms with Gasteiger partial charge in [-0.05, 0) is 24.3 Å². The Hall–Kier alpha value is -2.43. The van der Waals surface area contributed by atoms with Crippen LogP contribution < -0.4 is 0 Å². The molecule has 0 fully saturated rings. The number of hydrogen-bond donors (Lipinski definition) is 0. The van der Waals surface area contributed by atoms with E-state index in [9.17, 15) is 8.78 Å². The molecule has 1 aromatic carbocycles. The molecule has 0 aliphatic heterocycles. The highest BCUT2D eigenvalue weighted by Gasteiger charge is 2.13. The maximum absolute atomic E-state index is 13.5. The summed E-state index contributed by atoms with van der Waals surface area (Å²) in [7, 11) is 0. The van der Waals surface area contributed by atoms with Crippen molar-refractivity contribution in [3.8, 4) is 23.0 Å². The summed E-state index contributed by atoms with van der Waals surface area (Å²) in [5.74, 6) is -0.416. The number of oxazole rings is 1. The summed E-state index contributed by atoms with van der Waals surface area (Å²) in [6, 6.07) is 6.63. The molecule has 0 aliphatic rings. The zero-order valence-corrected chi connectivity index (χ0v) is 9.06. The fourth-order valence-corrected chi connectivity index (χ4v) is 1.60.